The summed E-state index contributed by atoms with van der Waals surface area (Å²) in [6, 6.07) is 10.9. The van der Waals surface area contributed by atoms with E-state index < -0.39 is 5.97 Å². The number of hydrogen-bond acceptors (Lipinski definition) is 3. The van der Waals surface area contributed by atoms with Gasteiger partial charge in [0.15, 0.2) is 0 Å². The maximum absolute atomic E-state index is 10.8. The van der Waals surface area contributed by atoms with Crippen molar-refractivity contribution in [2.75, 3.05) is 11.9 Å². The lowest BCUT2D eigenvalue weighted by Gasteiger charge is -2.18. The number of carboxylic acid groups (broad SMARTS) is 1. The predicted molar refractivity (Wildman–Crippen MR) is 74.5 cm³/mol. The molecule has 1 N–H and O–H groups in total. The van der Waals surface area contributed by atoms with Gasteiger partial charge >= 0.3 is 5.97 Å². The molecular formula is C15H16N2O2. The van der Waals surface area contributed by atoms with Crippen LogP contribution in [0.1, 0.15) is 21.5 Å². The highest BCUT2D eigenvalue weighted by atomic mass is 16.4. The van der Waals surface area contributed by atoms with E-state index in [9.17, 15) is 4.79 Å². The first-order chi connectivity index (χ1) is 9.06. The van der Waals surface area contributed by atoms with E-state index in [1.54, 1.807) is 12.1 Å². The summed E-state index contributed by atoms with van der Waals surface area (Å²) >= 11 is 0. The van der Waals surface area contributed by atoms with E-state index in [0.717, 1.165) is 16.9 Å². The number of benzene rings is 1. The van der Waals surface area contributed by atoms with Gasteiger partial charge in [0.2, 0.25) is 0 Å². The summed E-state index contributed by atoms with van der Waals surface area (Å²) in [5.41, 5.74) is 2.48. The van der Waals surface area contributed by atoms with Crippen molar-refractivity contribution in [2.24, 2.45) is 0 Å². The van der Waals surface area contributed by atoms with Crippen LogP contribution in [0.3, 0.4) is 0 Å². The number of pyridine rings is 1. The summed E-state index contributed by atoms with van der Waals surface area (Å²) in [5, 5.41) is 8.84. The minimum atomic E-state index is -0.903. The average Bonchev–Trinajstić information content (AvgIpc) is 2.40. The molecular weight excluding hydrogens is 240 g/mol. The number of aromatic carboxylic acids is 1. The summed E-state index contributed by atoms with van der Waals surface area (Å²) in [7, 11) is 1.96. The van der Waals surface area contributed by atoms with Crippen molar-refractivity contribution < 1.29 is 9.90 Å². The Hall–Kier alpha value is -2.36. The Morgan fingerprint density at radius 2 is 1.89 bits per heavy atom. The van der Waals surface area contributed by atoms with Gasteiger partial charge in [0.1, 0.15) is 5.82 Å². The molecule has 0 unspecified atom stereocenters. The molecule has 2 rings (SSSR count). The van der Waals surface area contributed by atoms with Crippen molar-refractivity contribution in [3.05, 3.63) is 59.3 Å². The van der Waals surface area contributed by atoms with Gasteiger partial charge in [0.05, 0.1) is 5.56 Å². The van der Waals surface area contributed by atoms with Crippen LogP contribution in [-0.2, 0) is 6.54 Å². The van der Waals surface area contributed by atoms with Crippen molar-refractivity contribution in [1.82, 2.24) is 4.98 Å². The first-order valence-corrected chi connectivity index (χ1v) is 6.02. The molecule has 0 saturated carbocycles. The lowest BCUT2D eigenvalue weighted by molar-refractivity contribution is 0.0697. The molecule has 4 heteroatoms. The molecule has 1 aromatic carbocycles. The molecule has 4 nitrogen and oxygen atoms in total. The molecule has 0 atom stereocenters. The van der Waals surface area contributed by atoms with E-state index >= 15 is 0 Å². The second-order valence-corrected chi connectivity index (χ2v) is 4.55. The number of carbonyl (C=O) groups is 1. The lowest BCUT2D eigenvalue weighted by Crippen LogP contribution is -2.17. The van der Waals surface area contributed by atoms with Crippen molar-refractivity contribution in [2.45, 2.75) is 13.5 Å². The van der Waals surface area contributed by atoms with Crippen molar-refractivity contribution >= 4 is 11.8 Å². The van der Waals surface area contributed by atoms with Gasteiger partial charge in [0.25, 0.3) is 0 Å². The highest BCUT2D eigenvalue weighted by molar-refractivity contribution is 5.87. The smallest absolute Gasteiger partial charge is 0.335 e. The minimum Gasteiger partial charge on any atom is -0.478 e. The molecule has 1 heterocycles. The Kier molecular flexibility index (Phi) is 3.80. The van der Waals surface area contributed by atoms with Gasteiger partial charge in [-0.05, 0) is 36.2 Å². The summed E-state index contributed by atoms with van der Waals surface area (Å²) in [5.74, 6) is -0.00647. The third-order valence-corrected chi connectivity index (χ3v) is 2.91. The topological polar surface area (TPSA) is 53.4 Å². The first-order valence-electron chi connectivity index (χ1n) is 6.02. The van der Waals surface area contributed by atoms with Crippen LogP contribution in [0.2, 0.25) is 0 Å². The van der Waals surface area contributed by atoms with Gasteiger partial charge < -0.3 is 10.0 Å². The van der Waals surface area contributed by atoms with E-state index in [1.807, 2.05) is 49.3 Å². The quantitative estimate of drug-likeness (QED) is 0.913. The Bertz CT molecular complexity index is 562. The molecule has 0 radical (unpaired) electrons. The number of hydrogen-bond donors (Lipinski definition) is 1. The Balaban J connectivity index is 2.08. The fourth-order valence-corrected chi connectivity index (χ4v) is 1.79. The first kappa shape index (κ1) is 13.1. The molecule has 0 saturated heterocycles. The molecule has 0 bridgehead atoms. The summed E-state index contributed by atoms with van der Waals surface area (Å²) < 4.78 is 0. The van der Waals surface area contributed by atoms with E-state index in [0.29, 0.717) is 12.1 Å². The maximum atomic E-state index is 10.8. The van der Waals surface area contributed by atoms with Crippen LogP contribution < -0.4 is 4.90 Å². The third-order valence-electron chi connectivity index (χ3n) is 2.91. The van der Waals surface area contributed by atoms with Crippen molar-refractivity contribution in [1.29, 1.82) is 0 Å². The Morgan fingerprint density at radius 1 is 1.21 bits per heavy atom. The van der Waals surface area contributed by atoms with Crippen LogP contribution in [-0.4, -0.2) is 23.1 Å². The number of aryl methyl sites for hydroxylation is 1. The van der Waals surface area contributed by atoms with Crippen molar-refractivity contribution in [3.8, 4) is 0 Å². The lowest BCUT2D eigenvalue weighted by atomic mass is 10.1. The largest absolute Gasteiger partial charge is 0.478 e. The molecule has 0 spiro atoms. The van der Waals surface area contributed by atoms with Gasteiger partial charge in [-0.1, -0.05) is 18.2 Å². The summed E-state index contributed by atoms with van der Waals surface area (Å²) in [4.78, 5) is 17.1. The van der Waals surface area contributed by atoms with Gasteiger partial charge in [-0.2, -0.15) is 0 Å². The normalized spacial score (nSPS) is 10.2. The van der Waals surface area contributed by atoms with Gasteiger partial charge in [-0.3, -0.25) is 0 Å². The zero-order valence-corrected chi connectivity index (χ0v) is 11.0. The fourth-order valence-electron chi connectivity index (χ4n) is 1.79. The second-order valence-electron chi connectivity index (χ2n) is 4.55. The van der Waals surface area contributed by atoms with Crippen LogP contribution in [0, 0.1) is 6.92 Å². The average molecular weight is 256 g/mol. The highest BCUT2D eigenvalue weighted by Crippen LogP contribution is 2.13. The maximum Gasteiger partial charge on any atom is 0.335 e. The van der Waals surface area contributed by atoms with Crippen LogP contribution in [0.4, 0.5) is 5.82 Å². The van der Waals surface area contributed by atoms with Crippen LogP contribution in [0.25, 0.3) is 0 Å². The molecule has 0 aliphatic carbocycles. The predicted octanol–water partition coefficient (Wildman–Crippen LogP) is 2.72. The number of rotatable bonds is 4. The molecule has 98 valence electrons. The zero-order chi connectivity index (χ0) is 13.8. The number of aromatic nitrogens is 1. The number of anilines is 1. The Morgan fingerprint density at radius 3 is 2.42 bits per heavy atom. The van der Waals surface area contributed by atoms with Crippen LogP contribution in [0.5, 0.6) is 0 Å². The van der Waals surface area contributed by atoms with Gasteiger partial charge in [-0.25, -0.2) is 9.78 Å². The van der Waals surface area contributed by atoms with E-state index in [4.69, 9.17) is 5.11 Å². The fraction of sp³-hybridized carbons (Fsp3) is 0.200. The number of carboxylic acids is 1. The third kappa shape index (κ3) is 3.31. The van der Waals surface area contributed by atoms with Gasteiger partial charge in [0, 0.05) is 19.8 Å². The standard InChI is InChI=1S/C15H16N2O2/c1-11-3-8-14(16-9-11)17(2)10-12-4-6-13(7-5-12)15(18)19/h3-9H,10H2,1-2H3,(H,18,19). The summed E-state index contributed by atoms with van der Waals surface area (Å²) in [6.45, 7) is 2.69. The van der Waals surface area contributed by atoms with E-state index in [-0.39, 0.29) is 0 Å². The monoisotopic (exact) mass is 256 g/mol. The number of nitrogens with zero attached hydrogens (tertiary/aromatic N) is 2. The second kappa shape index (κ2) is 5.52. The molecule has 0 fully saturated rings. The minimum absolute atomic E-state index is 0.305. The Labute approximate surface area is 112 Å². The zero-order valence-electron chi connectivity index (χ0n) is 11.0. The van der Waals surface area contributed by atoms with Crippen molar-refractivity contribution in [3.63, 3.8) is 0 Å². The summed E-state index contributed by atoms with van der Waals surface area (Å²) in [6.07, 6.45) is 1.83. The van der Waals surface area contributed by atoms with E-state index in [2.05, 4.69) is 4.98 Å². The highest BCUT2D eigenvalue weighted by Gasteiger charge is 2.05. The van der Waals surface area contributed by atoms with Crippen LogP contribution in [0.15, 0.2) is 42.6 Å². The SMILES string of the molecule is Cc1ccc(N(C)Cc2ccc(C(=O)O)cc2)nc1. The molecule has 0 aliphatic rings. The molecule has 2 aromatic rings. The molecule has 0 aliphatic heterocycles. The van der Waals surface area contributed by atoms with E-state index in [1.165, 1.54) is 0 Å². The molecule has 0 amide bonds. The van der Waals surface area contributed by atoms with Gasteiger partial charge in [-0.15, -0.1) is 0 Å². The molecule has 19 heavy (non-hydrogen) atoms. The molecule has 1 aromatic heterocycles. The van der Waals surface area contributed by atoms with Crippen LogP contribution >= 0.6 is 0 Å².